The topological polar surface area (TPSA) is 90.0 Å². The SMILES string of the molecule is CCCN(CCC)C(=O)c1cccc(S(=O)(=O)N(CCc2cc(F)cc(Cl)c2)C[C@H](O)CNCc2cccc(I)c2)c1. The van der Waals surface area contributed by atoms with Crippen molar-refractivity contribution < 1.29 is 22.7 Å². The van der Waals surface area contributed by atoms with Crippen LogP contribution in [0.25, 0.3) is 0 Å². The van der Waals surface area contributed by atoms with Crippen LogP contribution in [0.5, 0.6) is 0 Å². The second-order valence-corrected chi connectivity index (χ2v) is 13.7. The highest BCUT2D eigenvalue weighted by molar-refractivity contribution is 14.1. The highest BCUT2D eigenvalue weighted by Crippen LogP contribution is 2.21. The monoisotopic (exact) mass is 729 g/mol. The summed E-state index contributed by atoms with van der Waals surface area (Å²) in [6.45, 7) is 5.58. The van der Waals surface area contributed by atoms with Crippen molar-refractivity contribution in [1.29, 1.82) is 0 Å². The third-order valence-corrected chi connectivity index (χ3v) is 9.33. The summed E-state index contributed by atoms with van der Waals surface area (Å²) in [4.78, 5) is 14.9. The van der Waals surface area contributed by atoms with Crippen LogP contribution in [-0.2, 0) is 23.0 Å². The second-order valence-electron chi connectivity index (χ2n) is 10.1. The first kappa shape index (κ1) is 34.4. The van der Waals surface area contributed by atoms with Gasteiger partial charge in [-0.3, -0.25) is 4.79 Å². The van der Waals surface area contributed by atoms with E-state index in [0.29, 0.717) is 25.2 Å². The van der Waals surface area contributed by atoms with E-state index in [2.05, 4.69) is 27.9 Å². The quantitative estimate of drug-likeness (QED) is 0.184. The summed E-state index contributed by atoms with van der Waals surface area (Å²) in [5, 5.41) is 14.3. The molecule has 0 radical (unpaired) electrons. The van der Waals surface area contributed by atoms with Gasteiger partial charge in [-0.15, -0.1) is 0 Å². The summed E-state index contributed by atoms with van der Waals surface area (Å²) in [6, 6.07) is 18.0. The number of halogens is 3. The Bertz CT molecular complexity index is 1420. The molecule has 7 nitrogen and oxygen atoms in total. The first-order valence-electron chi connectivity index (χ1n) is 14.0. The molecule has 0 aliphatic rings. The van der Waals surface area contributed by atoms with Gasteiger partial charge in [-0.05, 0) is 102 Å². The van der Waals surface area contributed by atoms with E-state index >= 15 is 0 Å². The van der Waals surface area contributed by atoms with Gasteiger partial charge in [0, 0.05) is 53.4 Å². The molecule has 0 aliphatic carbocycles. The summed E-state index contributed by atoms with van der Waals surface area (Å²) in [5.74, 6) is -0.738. The lowest BCUT2D eigenvalue weighted by molar-refractivity contribution is 0.0755. The fourth-order valence-electron chi connectivity index (χ4n) is 4.62. The number of benzene rings is 3. The lowest BCUT2D eigenvalue weighted by Gasteiger charge is -2.26. The van der Waals surface area contributed by atoms with Crippen LogP contribution in [0.4, 0.5) is 4.39 Å². The Balaban J connectivity index is 1.82. The van der Waals surface area contributed by atoms with Crippen molar-refractivity contribution in [3.05, 3.63) is 97.8 Å². The first-order valence-corrected chi connectivity index (χ1v) is 16.9. The van der Waals surface area contributed by atoms with E-state index in [1.165, 1.54) is 28.6 Å². The number of carbonyl (C=O) groups excluding carboxylic acids is 1. The maximum atomic E-state index is 14.0. The Kier molecular flexibility index (Phi) is 13.7. The molecule has 11 heteroatoms. The number of amides is 1. The van der Waals surface area contributed by atoms with Gasteiger partial charge < -0.3 is 15.3 Å². The van der Waals surface area contributed by atoms with Crippen molar-refractivity contribution in [3.63, 3.8) is 0 Å². The standard InChI is InChI=1S/C31H38ClFIN3O4S/c1-3-12-36(13-4-2)31(39)25-8-6-10-30(18-25)42(40,41)37(14-11-23-15-26(32)19-27(33)16-23)22-29(38)21-35-20-24-7-5-9-28(34)17-24/h5-10,15-19,29,35,38H,3-4,11-14,20-22H2,1-2H3/t29-/m1/s1. The van der Waals surface area contributed by atoms with Gasteiger partial charge in [0.2, 0.25) is 10.0 Å². The molecular formula is C31H38ClFIN3O4S. The predicted octanol–water partition coefficient (Wildman–Crippen LogP) is 5.73. The molecular weight excluding hydrogens is 692 g/mol. The van der Waals surface area contributed by atoms with Crippen molar-refractivity contribution in [2.45, 2.75) is 50.7 Å². The fraction of sp³-hybridized carbons (Fsp3) is 0.387. The smallest absolute Gasteiger partial charge is 0.253 e. The van der Waals surface area contributed by atoms with E-state index in [4.69, 9.17) is 11.6 Å². The molecule has 3 aromatic rings. The molecule has 1 amide bonds. The van der Waals surface area contributed by atoms with E-state index in [1.807, 2.05) is 38.1 Å². The van der Waals surface area contributed by atoms with E-state index in [9.17, 15) is 22.7 Å². The van der Waals surface area contributed by atoms with Crippen LogP contribution in [0.3, 0.4) is 0 Å². The van der Waals surface area contributed by atoms with Gasteiger partial charge in [0.25, 0.3) is 5.91 Å². The summed E-state index contributed by atoms with van der Waals surface area (Å²) in [6.07, 6.45) is 0.736. The van der Waals surface area contributed by atoms with Crippen LogP contribution in [-0.4, -0.2) is 67.5 Å². The number of rotatable bonds is 16. The van der Waals surface area contributed by atoms with Crippen LogP contribution in [0.2, 0.25) is 5.02 Å². The minimum atomic E-state index is -4.13. The molecule has 0 fully saturated rings. The highest BCUT2D eigenvalue weighted by atomic mass is 127. The zero-order valence-corrected chi connectivity index (χ0v) is 27.6. The third-order valence-electron chi connectivity index (χ3n) is 6.58. The first-order chi connectivity index (χ1) is 20.0. The number of hydrogen-bond donors (Lipinski definition) is 2. The lowest BCUT2D eigenvalue weighted by atomic mass is 10.1. The van der Waals surface area contributed by atoms with E-state index in [0.717, 1.165) is 22.0 Å². The average Bonchev–Trinajstić information content (AvgIpc) is 2.94. The number of sulfonamides is 1. The molecule has 0 heterocycles. The molecule has 3 rings (SSSR count). The summed E-state index contributed by atoms with van der Waals surface area (Å²) < 4.78 is 44.1. The minimum Gasteiger partial charge on any atom is -0.390 e. The van der Waals surface area contributed by atoms with Crippen LogP contribution in [0, 0.1) is 9.39 Å². The minimum absolute atomic E-state index is 0.0218. The van der Waals surface area contributed by atoms with Crippen molar-refractivity contribution in [1.82, 2.24) is 14.5 Å². The van der Waals surface area contributed by atoms with E-state index < -0.39 is 21.9 Å². The van der Waals surface area contributed by atoms with Crippen molar-refractivity contribution in [2.75, 3.05) is 32.7 Å². The second kappa shape index (κ2) is 16.7. The molecule has 0 unspecified atom stereocenters. The molecule has 228 valence electrons. The maximum Gasteiger partial charge on any atom is 0.253 e. The number of aliphatic hydroxyl groups is 1. The van der Waals surface area contributed by atoms with Gasteiger partial charge in [0.15, 0.2) is 0 Å². The average molecular weight is 730 g/mol. The van der Waals surface area contributed by atoms with Gasteiger partial charge in [-0.1, -0.05) is 43.6 Å². The molecule has 1 atom stereocenters. The molecule has 2 N–H and O–H groups in total. The van der Waals surface area contributed by atoms with Crippen molar-refractivity contribution in [2.24, 2.45) is 0 Å². The van der Waals surface area contributed by atoms with Gasteiger partial charge in [0.1, 0.15) is 5.82 Å². The van der Waals surface area contributed by atoms with Crippen LogP contribution in [0.1, 0.15) is 48.2 Å². The number of carbonyl (C=O) groups is 1. The Hall–Kier alpha value is -2.09. The lowest BCUT2D eigenvalue weighted by Crippen LogP contribution is -2.42. The molecule has 0 bridgehead atoms. The fourth-order valence-corrected chi connectivity index (χ4v) is 7.00. The molecule has 0 aliphatic heterocycles. The van der Waals surface area contributed by atoms with Gasteiger partial charge in [-0.2, -0.15) is 4.31 Å². The predicted molar refractivity (Wildman–Crippen MR) is 174 cm³/mol. The Morgan fingerprint density at radius 2 is 1.71 bits per heavy atom. The number of nitrogens with zero attached hydrogens (tertiary/aromatic N) is 2. The van der Waals surface area contributed by atoms with Crippen molar-refractivity contribution >= 4 is 50.1 Å². The largest absolute Gasteiger partial charge is 0.390 e. The number of aliphatic hydroxyl groups excluding tert-OH is 1. The Morgan fingerprint density at radius 3 is 2.38 bits per heavy atom. The molecule has 0 saturated heterocycles. The zero-order chi connectivity index (χ0) is 30.7. The molecule has 0 aromatic heterocycles. The molecule has 3 aromatic carbocycles. The molecule has 42 heavy (non-hydrogen) atoms. The van der Waals surface area contributed by atoms with Crippen LogP contribution in [0.15, 0.2) is 71.6 Å². The van der Waals surface area contributed by atoms with Gasteiger partial charge in [0.05, 0.1) is 11.0 Å². The van der Waals surface area contributed by atoms with E-state index in [1.54, 1.807) is 23.1 Å². The summed E-state index contributed by atoms with van der Waals surface area (Å²) in [7, 11) is -4.13. The summed E-state index contributed by atoms with van der Waals surface area (Å²) >= 11 is 8.24. The number of nitrogens with one attached hydrogen (secondary N) is 1. The van der Waals surface area contributed by atoms with Gasteiger partial charge >= 0.3 is 0 Å². The zero-order valence-electron chi connectivity index (χ0n) is 23.9. The number of hydrogen-bond acceptors (Lipinski definition) is 5. The van der Waals surface area contributed by atoms with Gasteiger partial charge in [-0.25, -0.2) is 12.8 Å². The van der Waals surface area contributed by atoms with Crippen LogP contribution < -0.4 is 5.32 Å². The highest BCUT2D eigenvalue weighted by Gasteiger charge is 2.28. The Morgan fingerprint density at radius 1 is 1.00 bits per heavy atom. The maximum absolute atomic E-state index is 14.0. The Labute approximate surface area is 267 Å². The van der Waals surface area contributed by atoms with Crippen LogP contribution >= 0.6 is 34.2 Å². The normalized spacial score (nSPS) is 12.5. The third kappa shape index (κ3) is 10.3. The van der Waals surface area contributed by atoms with E-state index in [-0.39, 0.29) is 47.4 Å². The molecule has 0 saturated carbocycles. The summed E-state index contributed by atoms with van der Waals surface area (Å²) in [5.41, 5.74) is 1.86. The molecule has 0 spiro atoms. The van der Waals surface area contributed by atoms with Crippen molar-refractivity contribution in [3.8, 4) is 0 Å².